The van der Waals surface area contributed by atoms with Crippen LogP contribution in [0.1, 0.15) is 11.1 Å². The molecular formula is C17H20N4O3S. The summed E-state index contributed by atoms with van der Waals surface area (Å²) in [7, 11) is -3.65. The van der Waals surface area contributed by atoms with Crippen LogP contribution in [-0.2, 0) is 21.2 Å². The molecule has 1 aliphatic heterocycles. The minimum absolute atomic E-state index is 0.242. The van der Waals surface area contributed by atoms with Gasteiger partial charge in [-0.3, -0.25) is 4.79 Å². The summed E-state index contributed by atoms with van der Waals surface area (Å²) in [5, 5.41) is 5.89. The SMILES string of the molecule is Cc1cccnc1NCCNC(=O)C1Cc2ccccc2S(=O)(=O)N1. The third kappa shape index (κ3) is 3.97. The lowest BCUT2D eigenvalue weighted by Gasteiger charge is -2.25. The molecule has 1 aliphatic rings. The summed E-state index contributed by atoms with van der Waals surface area (Å²) >= 11 is 0. The molecule has 3 rings (SSSR count). The number of nitrogens with zero attached hydrogens (tertiary/aromatic N) is 1. The van der Waals surface area contributed by atoms with E-state index in [1.807, 2.05) is 19.1 Å². The van der Waals surface area contributed by atoms with E-state index < -0.39 is 16.1 Å². The number of anilines is 1. The molecule has 1 aromatic heterocycles. The predicted octanol–water partition coefficient (Wildman–Crippen LogP) is 0.821. The number of carbonyl (C=O) groups excluding carboxylic acids is 1. The molecular weight excluding hydrogens is 340 g/mol. The van der Waals surface area contributed by atoms with Crippen LogP contribution >= 0.6 is 0 Å². The number of benzene rings is 1. The normalized spacial score (nSPS) is 18.2. The first-order valence-corrected chi connectivity index (χ1v) is 9.49. The highest BCUT2D eigenvalue weighted by atomic mass is 32.2. The number of fused-ring (bicyclic) bond motifs is 1. The van der Waals surface area contributed by atoms with Crippen molar-refractivity contribution >= 4 is 21.7 Å². The van der Waals surface area contributed by atoms with Crippen LogP contribution in [0.4, 0.5) is 5.82 Å². The summed E-state index contributed by atoms with van der Waals surface area (Å²) in [5.74, 6) is 0.432. The molecule has 1 aromatic carbocycles. The second-order valence-corrected chi connectivity index (χ2v) is 7.55. The van der Waals surface area contributed by atoms with Gasteiger partial charge in [0.25, 0.3) is 0 Å². The zero-order valence-electron chi connectivity index (χ0n) is 13.8. The third-order valence-electron chi connectivity index (χ3n) is 4.03. The standard InChI is InChI=1S/C17H20N4O3S/c1-12-5-4-8-18-16(12)19-9-10-20-17(22)14-11-13-6-2-3-7-15(13)25(23,24)21-14/h2-8,14,21H,9-11H2,1H3,(H,18,19)(H,20,22). The molecule has 1 atom stereocenters. The molecule has 2 aromatic rings. The minimum Gasteiger partial charge on any atom is -0.368 e. The number of pyridine rings is 1. The third-order valence-corrected chi connectivity index (χ3v) is 5.60. The van der Waals surface area contributed by atoms with Crippen molar-refractivity contribution in [3.8, 4) is 0 Å². The number of rotatable bonds is 5. The number of carbonyl (C=O) groups is 1. The highest BCUT2D eigenvalue weighted by Crippen LogP contribution is 2.22. The van der Waals surface area contributed by atoms with Gasteiger partial charge in [-0.2, -0.15) is 4.72 Å². The van der Waals surface area contributed by atoms with Gasteiger partial charge in [0.2, 0.25) is 15.9 Å². The van der Waals surface area contributed by atoms with Crippen molar-refractivity contribution in [2.24, 2.45) is 0 Å². The van der Waals surface area contributed by atoms with Crippen LogP contribution < -0.4 is 15.4 Å². The van der Waals surface area contributed by atoms with E-state index in [9.17, 15) is 13.2 Å². The maximum Gasteiger partial charge on any atom is 0.241 e. The van der Waals surface area contributed by atoms with Gasteiger partial charge < -0.3 is 10.6 Å². The van der Waals surface area contributed by atoms with Crippen molar-refractivity contribution in [3.63, 3.8) is 0 Å². The van der Waals surface area contributed by atoms with Gasteiger partial charge in [0.1, 0.15) is 11.9 Å². The van der Waals surface area contributed by atoms with Gasteiger partial charge in [0.15, 0.2) is 0 Å². The summed E-state index contributed by atoms with van der Waals surface area (Å²) in [5.41, 5.74) is 1.68. The molecule has 8 heteroatoms. The van der Waals surface area contributed by atoms with Crippen LogP contribution in [0, 0.1) is 6.92 Å². The Kier molecular flexibility index (Phi) is 5.00. The fourth-order valence-electron chi connectivity index (χ4n) is 2.75. The topological polar surface area (TPSA) is 100 Å². The molecule has 0 aliphatic carbocycles. The second-order valence-electron chi connectivity index (χ2n) is 5.87. The van der Waals surface area contributed by atoms with E-state index in [0.717, 1.165) is 11.4 Å². The van der Waals surface area contributed by atoms with E-state index in [0.29, 0.717) is 25.1 Å². The summed E-state index contributed by atoms with van der Waals surface area (Å²) in [6.07, 6.45) is 2.04. The molecule has 1 amide bonds. The molecule has 0 fully saturated rings. The molecule has 2 heterocycles. The molecule has 25 heavy (non-hydrogen) atoms. The second kappa shape index (κ2) is 7.20. The zero-order valence-corrected chi connectivity index (χ0v) is 14.6. The molecule has 132 valence electrons. The number of nitrogens with one attached hydrogen (secondary N) is 3. The smallest absolute Gasteiger partial charge is 0.241 e. The van der Waals surface area contributed by atoms with Crippen molar-refractivity contribution in [3.05, 3.63) is 53.7 Å². The van der Waals surface area contributed by atoms with E-state index in [1.165, 1.54) is 0 Å². The van der Waals surface area contributed by atoms with E-state index in [2.05, 4.69) is 20.3 Å². The van der Waals surface area contributed by atoms with Crippen molar-refractivity contribution in [1.82, 2.24) is 15.0 Å². The van der Waals surface area contributed by atoms with Crippen molar-refractivity contribution < 1.29 is 13.2 Å². The molecule has 3 N–H and O–H groups in total. The lowest BCUT2D eigenvalue weighted by Crippen LogP contribution is -2.51. The van der Waals surface area contributed by atoms with Crippen LogP contribution in [0.2, 0.25) is 0 Å². The van der Waals surface area contributed by atoms with Gasteiger partial charge in [-0.1, -0.05) is 24.3 Å². The summed E-state index contributed by atoms with van der Waals surface area (Å²) in [6.45, 7) is 2.82. The van der Waals surface area contributed by atoms with Crippen LogP contribution in [0.5, 0.6) is 0 Å². The van der Waals surface area contributed by atoms with Crippen molar-refractivity contribution in [2.45, 2.75) is 24.3 Å². The highest BCUT2D eigenvalue weighted by Gasteiger charge is 2.32. The average molecular weight is 360 g/mol. The molecule has 1 unspecified atom stereocenters. The van der Waals surface area contributed by atoms with Gasteiger partial charge in [-0.25, -0.2) is 13.4 Å². The lowest BCUT2D eigenvalue weighted by atomic mass is 10.1. The number of aryl methyl sites for hydroxylation is 1. The Morgan fingerprint density at radius 1 is 1.24 bits per heavy atom. The van der Waals surface area contributed by atoms with Gasteiger partial charge in [0.05, 0.1) is 4.90 Å². The minimum atomic E-state index is -3.65. The first-order valence-electron chi connectivity index (χ1n) is 8.01. The van der Waals surface area contributed by atoms with E-state index in [-0.39, 0.29) is 10.8 Å². The Balaban J connectivity index is 1.55. The quantitative estimate of drug-likeness (QED) is 0.686. The van der Waals surface area contributed by atoms with Gasteiger partial charge in [-0.15, -0.1) is 0 Å². The van der Waals surface area contributed by atoms with E-state index in [4.69, 9.17) is 0 Å². The monoisotopic (exact) mass is 360 g/mol. The molecule has 7 nitrogen and oxygen atoms in total. The van der Waals surface area contributed by atoms with Crippen LogP contribution in [0.25, 0.3) is 0 Å². The van der Waals surface area contributed by atoms with Crippen molar-refractivity contribution in [1.29, 1.82) is 0 Å². The Morgan fingerprint density at radius 3 is 2.84 bits per heavy atom. The number of amides is 1. The maximum atomic E-state index is 12.3. The van der Waals surface area contributed by atoms with Gasteiger partial charge in [0, 0.05) is 19.3 Å². The van der Waals surface area contributed by atoms with Gasteiger partial charge >= 0.3 is 0 Å². The van der Waals surface area contributed by atoms with Crippen molar-refractivity contribution in [2.75, 3.05) is 18.4 Å². The van der Waals surface area contributed by atoms with Gasteiger partial charge in [-0.05, 0) is 36.6 Å². The van der Waals surface area contributed by atoms with E-state index in [1.54, 1.807) is 30.5 Å². The highest BCUT2D eigenvalue weighted by molar-refractivity contribution is 7.89. The molecule has 0 saturated heterocycles. The molecule has 0 radical (unpaired) electrons. The predicted molar refractivity (Wildman–Crippen MR) is 94.7 cm³/mol. The fraction of sp³-hybridized carbons (Fsp3) is 0.294. The van der Waals surface area contributed by atoms with E-state index >= 15 is 0 Å². The molecule has 0 spiro atoms. The zero-order chi connectivity index (χ0) is 17.9. The first-order chi connectivity index (χ1) is 12.0. The average Bonchev–Trinajstić information content (AvgIpc) is 2.59. The summed E-state index contributed by atoms with van der Waals surface area (Å²) < 4.78 is 26.9. The van der Waals surface area contributed by atoms with Crippen LogP contribution in [0.3, 0.4) is 0 Å². The number of aromatic nitrogens is 1. The number of hydrogen-bond acceptors (Lipinski definition) is 5. The Labute approximate surface area is 146 Å². The van der Waals surface area contributed by atoms with Crippen LogP contribution in [-0.4, -0.2) is 38.4 Å². The van der Waals surface area contributed by atoms with Crippen LogP contribution in [0.15, 0.2) is 47.5 Å². The molecule has 0 bridgehead atoms. The summed E-state index contributed by atoms with van der Waals surface area (Å²) in [6, 6.07) is 9.73. The Bertz CT molecular complexity index is 883. The summed E-state index contributed by atoms with van der Waals surface area (Å²) in [4.78, 5) is 16.7. The lowest BCUT2D eigenvalue weighted by molar-refractivity contribution is -0.122. The largest absolute Gasteiger partial charge is 0.368 e. The molecule has 0 saturated carbocycles. The number of hydrogen-bond donors (Lipinski definition) is 3. The Morgan fingerprint density at radius 2 is 2.04 bits per heavy atom. The first kappa shape index (κ1) is 17.4. The number of sulfonamides is 1. The fourth-order valence-corrected chi connectivity index (χ4v) is 4.20. The maximum absolute atomic E-state index is 12.3. The Hall–Kier alpha value is -2.45.